The third-order valence-corrected chi connectivity index (χ3v) is 3.96. The molecule has 1 unspecified atom stereocenters. The molecule has 1 aromatic rings. The zero-order valence-electron chi connectivity index (χ0n) is 13.8. The zero-order valence-corrected chi connectivity index (χ0v) is 13.8. The number of nitrogens with one attached hydrogen (secondary N) is 1. The van der Waals surface area contributed by atoms with Crippen molar-refractivity contribution in [2.24, 2.45) is 0 Å². The van der Waals surface area contributed by atoms with E-state index in [0.29, 0.717) is 18.8 Å². The minimum Gasteiger partial charge on any atom is -0.480 e. The molecule has 0 bridgehead atoms. The molecule has 0 aliphatic carbocycles. The van der Waals surface area contributed by atoms with Crippen molar-refractivity contribution in [1.82, 2.24) is 10.2 Å². The molecule has 1 atom stereocenters. The average Bonchev–Trinajstić information content (AvgIpc) is 2.54. The van der Waals surface area contributed by atoms with Gasteiger partial charge in [-0.3, -0.25) is 14.4 Å². The number of carbonyl (C=O) groups excluding carboxylic acids is 2. The van der Waals surface area contributed by atoms with Crippen molar-refractivity contribution in [3.8, 4) is 0 Å². The molecule has 2 N–H and O–H groups in total. The van der Waals surface area contributed by atoms with Gasteiger partial charge in [-0.05, 0) is 25.0 Å². The second-order valence-corrected chi connectivity index (χ2v) is 5.96. The molecular formula is C17H23N3O4. The van der Waals surface area contributed by atoms with Gasteiger partial charge in [-0.2, -0.15) is 0 Å². The zero-order chi connectivity index (χ0) is 17.5. The molecule has 1 aliphatic rings. The standard InChI is InChI=1S/C17H23N3O4/c1-13(21)18-14-6-5-9-19(10-14)16(22)11-20(12-17(23)24)15-7-3-2-4-8-15/h2-4,7-8,14H,5-6,9-12H2,1H3,(H,18,21)(H,23,24). The van der Waals surface area contributed by atoms with Crippen LogP contribution >= 0.6 is 0 Å². The first-order valence-corrected chi connectivity index (χ1v) is 8.02. The summed E-state index contributed by atoms with van der Waals surface area (Å²) in [6, 6.07) is 8.99. The number of nitrogens with zero attached hydrogens (tertiary/aromatic N) is 2. The minimum atomic E-state index is -0.985. The lowest BCUT2D eigenvalue weighted by Gasteiger charge is -2.34. The smallest absolute Gasteiger partial charge is 0.323 e. The molecule has 1 aromatic carbocycles. The fourth-order valence-corrected chi connectivity index (χ4v) is 2.91. The monoisotopic (exact) mass is 333 g/mol. The molecule has 1 aliphatic heterocycles. The summed E-state index contributed by atoms with van der Waals surface area (Å²) in [4.78, 5) is 38.1. The molecule has 0 radical (unpaired) electrons. The van der Waals surface area contributed by atoms with Gasteiger partial charge in [-0.25, -0.2) is 0 Å². The van der Waals surface area contributed by atoms with Crippen LogP contribution in [0.5, 0.6) is 0 Å². The normalized spacial score (nSPS) is 17.2. The summed E-state index contributed by atoms with van der Waals surface area (Å²) in [5.41, 5.74) is 0.698. The number of carbonyl (C=O) groups is 3. The number of amides is 2. The van der Waals surface area contributed by atoms with E-state index in [4.69, 9.17) is 5.11 Å². The van der Waals surface area contributed by atoms with Crippen LogP contribution in [-0.2, 0) is 14.4 Å². The summed E-state index contributed by atoms with van der Waals surface area (Å²) in [6.07, 6.45) is 1.67. The average molecular weight is 333 g/mol. The SMILES string of the molecule is CC(=O)NC1CCCN(C(=O)CN(CC(=O)O)c2ccccc2)C1. The highest BCUT2D eigenvalue weighted by Gasteiger charge is 2.25. The van der Waals surface area contributed by atoms with E-state index in [0.717, 1.165) is 12.8 Å². The Balaban J connectivity index is 2.01. The Hall–Kier alpha value is -2.57. The van der Waals surface area contributed by atoms with Gasteiger partial charge in [-0.15, -0.1) is 0 Å². The topological polar surface area (TPSA) is 90.0 Å². The molecule has 1 heterocycles. The van der Waals surface area contributed by atoms with Crippen molar-refractivity contribution < 1.29 is 19.5 Å². The quantitative estimate of drug-likeness (QED) is 0.800. The molecule has 0 saturated carbocycles. The molecule has 2 rings (SSSR count). The van der Waals surface area contributed by atoms with Crippen molar-refractivity contribution in [2.75, 3.05) is 31.1 Å². The van der Waals surface area contributed by atoms with E-state index in [1.807, 2.05) is 18.2 Å². The van der Waals surface area contributed by atoms with Crippen molar-refractivity contribution >= 4 is 23.5 Å². The van der Waals surface area contributed by atoms with Gasteiger partial charge in [0.1, 0.15) is 6.54 Å². The second-order valence-electron chi connectivity index (χ2n) is 5.96. The van der Waals surface area contributed by atoms with Crippen LogP contribution in [0.15, 0.2) is 30.3 Å². The molecule has 130 valence electrons. The molecule has 1 saturated heterocycles. The number of likely N-dealkylation sites (tertiary alicyclic amines) is 1. The summed E-state index contributed by atoms with van der Waals surface area (Å²) >= 11 is 0. The maximum atomic E-state index is 12.6. The Morgan fingerprint density at radius 1 is 1.25 bits per heavy atom. The Bertz CT molecular complexity index is 591. The molecule has 1 fully saturated rings. The van der Waals surface area contributed by atoms with E-state index in [2.05, 4.69) is 5.32 Å². The fraction of sp³-hybridized carbons (Fsp3) is 0.471. The van der Waals surface area contributed by atoms with Crippen molar-refractivity contribution in [2.45, 2.75) is 25.8 Å². The van der Waals surface area contributed by atoms with Crippen LogP contribution < -0.4 is 10.2 Å². The van der Waals surface area contributed by atoms with Gasteiger partial charge in [0, 0.05) is 31.7 Å². The predicted octanol–water partition coefficient (Wildman–Crippen LogP) is 0.705. The van der Waals surface area contributed by atoms with E-state index in [-0.39, 0.29) is 30.9 Å². The predicted molar refractivity (Wildman–Crippen MR) is 89.7 cm³/mol. The summed E-state index contributed by atoms with van der Waals surface area (Å²) in [7, 11) is 0. The minimum absolute atomic E-state index is 0.00308. The van der Waals surface area contributed by atoms with Gasteiger partial charge < -0.3 is 20.2 Å². The summed E-state index contributed by atoms with van der Waals surface area (Å²) in [6.45, 7) is 2.32. The maximum absolute atomic E-state index is 12.6. The Kier molecular flexibility index (Phi) is 6.17. The number of carboxylic acids is 1. The Morgan fingerprint density at radius 2 is 1.96 bits per heavy atom. The summed E-state index contributed by atoms with van der Waals surface area (Å²) in [5.74, 6) is -1.22. The maximum Gasteiger partial charge on any atom is 0.323 e. The number of benzene rings is 1. The number of rotatable bonds is 6. The van der Waals surface area contributed by atoms with E-state index < -0.39 is 5.97 Å². The third-order valence-electron chi connectivity index (χ3n) is 3.96. The highest BCUT2D eigenvalue weighted by atomic mass is 16.4. The van der Waals surface area contributed by atoms with Crippen LogP contribution in [0.3, 0.4) is 0 Å². The molecule has 2 amide bonds. The highest BCUT2D eigenvalue weighted by molar-refractivity contribution is 5.84. The lowest BCUT2D eigenvalue weighted by molar-refractivity contribution is -0.135. The lowest BCUT2D eigenvalue weighted by atomic mass is 10.1. The van der Waals surface area contributed by atoms with Gasteiger partial charge >= 0.3 is 5.97 Å². The molecule has 0 spiro atoms. The number of para-hydroxylation sites is 1. The van der Waals surface area contributed by atoms with Gasteiger partial charge in [0.2, 0.25) is 11.8 Å². The fourth-order valence-electron chi connectivity index (χ4n) is 2.91. The van der Waals surface area contributed by atoms with Crippen LogP contribution in [0.25, 0.3) is 0 Å². The van der Waals surface area contributed by atoms with Crippen LogP contribution in [-0.4, -0.2) is 60.0 Å². The van der Waals surface area contributed by atoms with E-state index in [1.165, 1.54) is 6.92 Å². The number of carboxylic acid groups (broad SMARTS) is 1. The van der Waals surface area contributed by atoms with Crippen molar-refractivity contribution in [3.05, 3.63) is 30.3 Å². The van der Waals surface area contributed by atoms with Crippen LogP contribution in [0.4, 0.5) is 5.69 Å². The first-order valence-electron chi connectivity index (χ1n) is 8.02. The van der Waals surface area contributed by atoms with Crippen LogP contribution in [0.1, 0.15) is 19.8 Å². The highest BCUT2D eigenvalue weighted by Crippen LogP contribution is 2.15. The number of hydrogen-bond acceptors (Lipinski definition) is 4. The van der Waals surface area contributed by atoms with Crippen LogP contribution in [0.2, 0.25) is 0 Å². The molecule has 7 nitrogen and oxygen atoms in total. The first-order chi connectivity index (χ1) is 11.5. The number of aliphatic carboxylic acids is 1. The van der Waals surface area contributed by atoms with Gasteiger partial charge in [0.25, 0.3) is 0 Å². The van der Waals surface area contributed by atoms with Crippen molar-refractivity contribution in [3.63, 3.8) is 0 Å². The summed E-state index contributed by atoms with van der Waals surface area (Å²) < 4.78 is 0. The number of piperidine rings is 1. The van der Waals surface area contributed by atoms with Gasteiger partial charge in [0.15, 0.2) is 0 Å². The van der Waals surface area contributed by atoms with Crippen LogP contribution in [0, 0.1) is 0 Å². The Labute approximate surface area is 141 Å². The summed E-state index contributed by atoms with van der Waals surface area (Å²) in [5, 5.41) is 11.9. The van der Waals surface area contributed by atoms with E-state index >= 15 is 0 Å². The lowest BCUT2D eigenvalue weighted by Crippen LogP contribution is -2.51. The van der Waals surface area contributed by atoms with Crippen molar-refractivity contribution in [1.29, 1.82) is 0 Å². The second kappa shape index (κ2) is 8.33. The van der Waals surface area contributed by atoms with Gasteiger partial charge in [0.05, 0.1) is 6.54 Å². The Morgan fingerprint density at radius 3 is 2.58 bits per heavy atom. The largest absolute Gasteiger partial charge is 0.480 e. The molecular weight excluding hydrogens is 310 g/mol. The van der Waals surface area contributed by atoms with E-state index in [1.54, 1.807) is 21.9 Å². The molecule has 0 aromatic heterocycles. The number of hydrogen-bond donors (Lipinski definition) is 2. The van der Waals surface area contributed by atoms with E-state index in [9.17, 15) is 14.4 Å². The molecule has 7 heteroatoms. The first kappa shape index (κ1) is 17.8. The molecule has 24 heavy (non-hydrogen) atoms. The van der Waals surface area contributed by atoms with Gasteiger partial charge in [-0.1, -0.05) is 18.2 Å². The number of anilines is 1. The third kappa shape index (κ3) is 5.26.